The van der Waals surface area contributed by atoms with Gasteiger partial charge in [-0.05, 0) is 60.0 Å². The monoisotopic (exact) mass is 462 g/mol. The van der Waals surface area contributed by atoms with Gasteiger partial charge in [-0.3, -0.25) is 4.79 Å². The maximum atomic E-state index is 13.5. The fraction of sp³-hybridized carbons (Fsp3) is 0.360. The molecule has 0 fully saturated rings. The number of allylic oxidation sites excluding steroid dienone is 1. The van der Waals surface area contributed by atoms with E-state index in [1.54, 1.807) is 11.8 Å². The molecule has 1 aliphatic heterocycles. The summed E-state index contributed by atoms with van der Waals surface area (Å²) in [6.07, 6.45) is 3.22. The molecule has 34 heavy (non-hydrogen) atoms. The number of tetrazole rings is 1. The van der Waals surface area contributed by atoms with E-state index >= 15 is 0 Å². The molecule has 9 nitrogen and oxygen atoms in total. The second-order valence-electron chi connectivity index (χ2n) is 8.25. The lowest BCUT2D eigenvalue weighted by molar-refractivity contribution is -0.113. The van der Waals surface area contributed by atoms with E-state index in [0.717, 1.165) is 36.1 Å². The van der Waals surface area contributed by atoms with Crippen LogP contribution in [0.1, 0.15) is 50.3 Å². The first kappa shape index (κ1) is 23.3. The Bertz CT molecular complexity index is 1200. The summed E-state index contributed by atoms with van der Waals surface area (Å²) in [5.41, 5.74) is 3.73. The van der Waals surface area contributed by atoms with Crippen LogP contribution in [-0.2, 0) is 4.79 Å². The van der Waals surface area contributed by atoms with E-state index in [1.807, 2.05) is 56.3 Å². The van der Waals surface area contributed by atoms with Crippen LogP contribution in [-0.4, -0.2) is 39.8 Å². The molecule has 178 valence electrons. The highest BCUT2D eigenvalue weighted by Crippen LogP contribution is 2.38. The van der Waals surface area contributed by atoms with Crippen LogP contribution in [0.4, 0.5) is 11.6 Å². The minimum absolute atomic E-state index is 0.232. The van der Waals surface area contributed by atoms with Crippen molar-refractivity contribution in [2.24, 2.45) is 0 Å². The fourth-order valence-electron chi connectivity index (χ4n) is 4.03. The number of amides is 1. The van der Waals surface area contributed by atoms with Gasteiger partial charge in [0.15, 0.2) is 11.5 Å². The van der Waals surface area contributed by atoms with Crippen molar-refractivity contribution >= 4 is 17.5 Å². The molecule has 1 aliphatic rings. The van der Waals surface area contributed by atoms with Gasteiger partial charge in [0.25, 0.3) is 5.91 Å². The summed E-state index contributed by atoms with van der Waals surface area (Å²) < 4.78 is 13.2. The van der Waals surface area contributed by atoms with Gasteiger partial charge in [-0.15, -0.1) is 0 Å². The predicted octanol–water partition coefficient (Wildman–Crippen LogP) is 4.49. The Labute approximate surface area is 199 Å². The number of rotatable bonds is 9. The summed E-state index contributed by atoms with van der Waals surface area (Å²) in [6, 6.07) is 12.8. The first-order chi connectivity index (χ1) is 16.5. The van der Waals surface area contributed by atoms with Gasteiger partial charge in [0.1, 0.15) is 6.04 Å². The topological polar surface area (TPSA) is 103 Å². The standard InChI is InChI=1S/C25H30N6O3/c1-5-6-9-14-34-20-13-12-18(15-21(20)33-4)23-22(17(3)26-25-28-29-30-31(23)25)24(32)27-19-11-8-7-10-16(19)2/h7-8,10-13,15,23H,5-6,9,14H2,1-4H3,(H,27,32)(H,26,28,30)/t23-/m1/s1. The second kappa shape index (κ2) is 10.4. The van der Waals surface area contributed by atoms with Gasteiger partial charge in [0, 0.05) is 11.4 Å². The van der Waals surface area contributed by atoms with Crippen molar-refractivity contribution in [2.75, 3.05) is 24.4 Å². The third kappa shape index (κ3) is 4.73. The van der Waals surface area contributed by atoms with Crippen LogP contribution in [0, 0.1) is 6.92 Å². The van der Waals surface area contributed by atoms with E-state index in [4.69, 9.17) is 9.47 Å². The highest BCUT2D eigenvalue weighted by molar-refractivity contribution is 6.06. The van der Waals surface area contributed by atoms with Crippen LogP contribution in [0.15, 0.2) is 53.7 Å². The molecular weight excluding hydrogens is 432 g/mol. The van der Waals surface area contributed by atoms with Crippen LogP contribution in [0.2, 0.25) is 0 Å². The number of ether oxygens (including phenoxy) is 2. The van der Waals surface area contributed by atoms with E-state index in [1.165, 1.54) is 0 Å². The minimum atomic E-state index is -0.543. The summed E-state index contributed by atoms with van der Waals surface area (Å²) in [5.74, 6) is 1.50. The molecule has 2 heterocycles. The van der Waals surface area contributed by atoms with E-state index < -0.39 is 6.04 Å². The van der Waals surface area contributed by atoms with Gasteiger partial charge in [-0.25, -0.2) is 0 Å². The summed E-state index contributed by atoms with van der Waals surface area (Å²) in [6.45, 7) is 6.58. The number of carbonyl (C=O) groups excluding carboxylic acids is 1. The molecule has 3 aromatic rings. The van der Waals surface area contributed by atoms with Crippen LogP contribution >= 0.6 is 0 Å². The predicted molar refractivity (Wildman–Crippen MR) is 130 cm³/mol. The summed E-state index contributed by atoms with van der Waals surface area (Å²) >= 11 is 0. The molecule has 0 unspecified atom stereocenters. The Morgan fingerprint density at radius 1 is 1.15 bits per heavy atom. The minimum Gasteiger partial charge on any atom is -0.493 e. The summed E-state index contributed by atoms with van der Waals surface area (Å²) in [4.78, 5) is 13.5. The third-order valence-corrected chi connectivity index (χ3v) is 5.86. The number of fused-ring (bicyclic) bond motifs is 1. The second-order valence-corrected chi connectivity index (χ2v) is 8.25. The van der Waals surface area contributed by atoms with E-state index in [-0.39, 0.29) is 5.91 Å². The van der Waals surface area contributed by atoms with E-state index in [2.05, 4.69) is 33.1 Å². The van der Waals surface area contributed by atoms with Gasteiger partial charge < -0.3 is 20.1 Å². The van der Waals surface area contributed by atoms with Crippen LogP contribution in [0.3, 0.4) is 0 Å². The zero-order chi connectivity index (χ0) is 24.1. The van der Waals surface area contributed by atoms with Gasteiger partial charge in [-0.1, -0.05) is 49.1 Å². The number of hydrogen-bond donors (Lipinski definition) is 2. The third-order valence-electron chi connectivity index (χ3n) is 5.86. The van der Waals surface area contributed by atoms with Gasteiger partial charge in [0.05, 0.1) is 19.3 Å². The number of nitrogens with one attached hydrogen (secondary N) is 2. The number of methoxy groups -OCH3 is 1. The number of aryl methyl sites for hydroxylation is 1. The molecule has 1 aromatic heterocycles. The molecule has 0 spiro atoms. The zero-order valence-electron chi connectivity index (χ0n) is 20.0. The lowest BCUT2D eigenvalue weighted by Gasteiger charge is -2.28. The number of hydrogen-bond acceptors (Lipinski definition) is 7. The van der Waals surface area contributed by atoms with Crippen molar-refractivity contribution < 1.29 is 14.3 Å². The van der Waals surface area contributed by atoms with Crippen molar-refractivity contribution in [2.45, 2.75) is 46.1 Å². The first-order valence-electron chi connectivity index (χ1n) is 11.5. The number of benzene rings is 2. The summed E-state index contributed by atoms with van der Waals surface area (Å²) in [7, 11) is 1.61. The van der Waals surface area contributed by atoms with Crippen molar-refractivity contribution in [3.05, 3.63) is 64.9 Å². The number of para-hydroxylation sites is 1. The Hall–Kier alpha value is -3.88. The van der Waals surface area contributed by atoms with E-state index in [9.17, 15) is 4.79 Å². The average molecular weight is 463 g/mol. The van der Waals surface area contributed by atoms with Gasteiger partial charge in [0.2, 0.25) is 5.95 Å². The zero-order valence-corrected chi connectivity index (χ0v) is 20.0. The van der Waals surface area contributed by atoms with Crippen LogP contribution in [0.5, 0.6) is 11.5 Å². The number of anilines is 2. The van der Waals surface area contributed by atoms with Crippen molar-refractivity contribution in [1.29, 1.82) is 0 Å². The van der Waals surface area contributed by atoms with Crippen molar-refractivity contribution in [1.82, 2.24) is 20.2 Å². The fourth-order valence-corrected chi connectivity index (χ4v) is 4.03. The smallest absolute Gasteiger partial charge is 0.255 e. The molecule has 0 saturated heterocycles. The highest BCUT2D eigenvalue weighted by Gasteiger charge is 2.34. The maximum absolute atomic E-state index is 13.5. The molecule has 0 saturated carbocycles. The average Bonchev–Trinajstić information content (AvgIpc) is 3.30. The van der Waals surface area contributed by atoms with Crippen LogP contribution in [0.25, 0.3) is 0 Å². The first-order valence-corrected chi connectivity index (χ1v) is 11.5. The lowest BCUT2D eigenvalue weighted by atomic mass is 9.94. The number of unbranched alkanes of at least 4 members (excludes halogenated alkanes) is 2. The molecule has 2 aromatic carbocycles. The Kier molecular flexibility index (Phi) is 7.10. The maximum Gasteiger partial charge on any atom is 0.255 e. The quantitative estimate of drug-likeness (QED) is 0.452. The molecule has 4 rings (SSSR count). The van der Waals surface area contributed by atoms with Gasteiger partial charge >= 0.3 is 0 Å². The molecule has 9 heteroatoms. The van der Waals surface area contributed by atoms with Gasteiger partial charge in [-0.2, -0.15) is 4.68 Å². The molecule has 0 aliphatic carbocycles. The summed E-state index contributed by atoms with van der Waals surface area (Å²) in [5, 5.41) is 18.2. The lowest BCUT2D eigenvalue weighted by Crippen LogP contribution is -2.31. The molecule has 0 bridgehead atoms. The van der Waals surface area contributed by atoms with Crippen molar-refractivity contribution in [3.8, 4) is 11.5 Å². The van der Waals surface area contributed by atoms with Crippen LogP contribution < -0.4 is 20.1 Å². The Balaban J connectivity index is 1.69. The Morgan fingerprint density at radius 3 is 2.74 bits per heavy atom. The normalized spacial score (nSPS) is 14.9. The number of nitrogens with zero attached hydrogens (tertiary/aromatic N) is 4. The van der Waals surface area contributed by atoms with Crippen molar-refractivity contribution in [3.63, 3.8) is 0 Å². The molecule has 1 amide bonds. The SMILES string of the molecule is CCCCCOc1ccc([C@@H]2C(C(=O)Nc3ccccc3C)=C(C)Nc3nnnn32)cc1OC. The number of aromatic nitrogens is 4. The molecule has 2 N–H and O–H groups in total. The molecule has 1 atom stereocenters. The van der Waals surface area contributed by atoms with E-state index in [0.29, 0.717) is 35.3 Å². The largest absolute Gasteiger partial charge is 0.493 e. The Morgan fingerprint density at radius 2 is 1.97 bits per heavy atom. The molecule has 0 radical (unpaired) electrons. The highest BCUT2D eigenvalue weighted by atomic mass is 16.5. The molecular formula is C25H30N6O3. The number of carbonyl (C=O) groups is 1.